The Hall–Kier alpha value is -1.55. The Morgan fingerprint density at radius 1 is 1.30 bits per heavy atom. The Morgan fingerprint density at radius 3 is 2.75 bits per heavy atom. The maximum atomic E-state index is 11.5. The first-order valence-corrected chi connectivity index (χ1v) is 7.29. The van der Waals surface area contributed by atoms with E-state index in [9.17, 15) is 4.79 Å². The molecule has 0 fully saturated rings. The standard InChI is InChI=1S/C16H25NO3/c1-3-5-10-19-16(18)12-20-15-9-7-6-8-13(15)11-14(17)4-2/h6-9,14H,3-5,10-12,17H2,1-2H3. The van der Waals surface area contributed by atoms with E-state index < -0.39 is 0 Å². The molecule has 0 aliphatic rings. The zero-order valence-corrected chi connectivity index (χ0v) is 12.4. The third-order valence-corrected chi connectivity index (χ3v) is 3.09. The SMILES string of the molecule is CCCCOC(=O)COc1ccccc1CC(N)CC. The van der Waals surface area contributed by atoms with Gasteiger partial charge in [-0.15, -0.1) is 0 Å². The molecule has 0 aliphatic carbocycles. The van der Waals surface area contributed by atoms with Crippen molar-refractivity contribution < 1.29 is 14.3 Å². The van der Waals surface area contributed by atoms with E-state index in [2.05, 4.69) is 13.8 Å². The van der Waals surface area contributed by atoms with E-state index in [-0.39, 0.29) is 18.6 Å². The lowest BCUT2D eigenvalue weighted by Gasteiger charge is -2.14. The third-order valence-electron chi connectivity index (χ3n) is 3.09. The minimum absolute atomic E-state index is 0.0535. The van der Waals surface area contributed by atoms with Gasteiger partial charge in [-0.2, -0.15) is 0 Å². The lowest BCUT2D eigenvalue weighted by atomic mass is 10.0. The zero-order chi connectivity index (χ0) is 14.8. The predicted octanol–water partition coefficient (Wildman–Crippen LogP) is 2.69. The van der Waals surface area contributed by atoms with Crippen molar-refractivity contribution in [1.29, 1.82) is 0 Å². The molecule has 112 valence electrons. The van der Waals surface area contributed by atoms with Gasteiger partial charge in [0.1, 0.15) is 5.75 Å². The number of ether oxygens (including phenoxy) is 2. The van der Waals surface area contributed by atoms with E-state index in [0.29, 0.717) is 12.4 Å². The van der Waals surface area contributed by atoms with Gasteiger partial charge in [-0.1, -0.05) is 38.5 Å². The van der Waals surface area contributed by atoms with E-state index in [1.54, 1.807) is 0 Å². The molecule has 1 rings (SSSR count). The Morgan fingerprint density at radius 2 is 2.05 bits per heavy atom. The molecule has 0 radical (unpaired) electrons. The van der Waals surface area contributed by atoms with Crippen LogP contribution in [0.5, 0.6) is 5.75 Å². The maximum Gasteiger partial charge on any atom is 0.344 e. The van der Waals surface area contributed by atoms with Gasteiger partial charge in [0.25, 0.3) is 0 Å². The Bertz CT molecular complexity index is 406. The van der Waals surface area contributed by atoms with Gasteiger partial charge in [0.05, 0.1) is 6.61 Å². The van der Waals surface area contributed by atoms with Crippen molar-refractivity contribution in [2.45, 2.75) is 45.6 Å². The highest BCUT2D eigenvalue weighted by Crippen LogP contribution is 2.19. The molecule has 2 N–H and O–H groups in total. The topological polar surface area (TPSA) is 61.5 Å². The number of benzene rings is 1. The molecule has 0 amide bonds. The Labute approximate surface area is 121 Å². The van der Waals surface area contributed by atoms with Crippen LogP contribution in [-0.2, 0) is 16.0 Å². The van der Waals surface area contributed by atoms with Gasteiger partial charge in [-0.25, -0.2) is 4.79 Å². The highest BCUT2D eigenvalue weighted by atomic mass is 16.6. The molecule has 0 spiro atoms. The lowest BCUT2D eigenvalue weighted by Crippen LogP contribution is -2.22. The molecular formula is C16H25NO3. The van der Waals surface area contributed by atoms with Gasteiger partial charge >= 0.3 is 5.97 Å². The number of nitrogens with two attached hydrogens (primary N) is 1. The van der Waals surface area contributed by atoms with Crippen LogP contribution in [0.4, 0.5) is 0 Å². The summed E-state index contributed by atoms with van der Waals surface area (Å²) in [6, 6.07) is 7.78. The van der Waals surface area contributed by atoms with Crippen LogP contribution in [0.25, 0.3) is 0 Å². The van der Waals surface area contributed by atoms with Crippen molar-refractivity contribution in [2.75, 3.05) is 13.2 Å². The van der Waals surface area contributed by atoms with E-state index in [1.165, 1.54) is 0 Å². The monoisotopic (exact) mass is 279 g/mol. The van der Waals surface area contributed by atoms with Crippen LogP contribution in [-0.4, -0.2) is 25.2 Å². The number of para-hydroxylation sites is 1. The van der Waals surface area contributed by atoms with Gasteiger partial charge in [0, 0.05) is 6.04 Å². The minimum atomic E-state index is -0.326. The second-order valence-electron chi connectivity index (χ2n) is 4.84. The highest BCUT2D eigenvalue weighted by molar-refractivity contribution is 5.71. The fourth-order valence-corrected chi connectivity index (χ4v) is 1.75. The summed E-state index contributed by atoms with van der Waals surface area (Å²) >= 11 is 0. The smallest absolute Gasteiger partial charge is 0.344 e. The van der Waals surface area contributed by atoms with E-state index in [0.717, 1.165) is 31.2 Å². The van der Waals surface area contributed by atoms with Crippen molar-refractivity contribution in [3.05, 3.63) is 29.8 Å². The molecule has 1 aromatic carbocycles. The van der Waals surface area contributed by atoms with Crippen LogP contribution in [0.15, 0.2) is 24.3 Å². The number of hydrogen-bond acceptors (Lipinski definition) is 4. The number of carbonyl (C=O) groups excluding carboxylic acids is 1. The number of rotatable bonds is 9. The van der Waals surface area contributed by atoms with Crippen molar-refractivity contribution in [3.63, 3.8) is 0 Å². The normalized spacial score (nSPS) is 11.9. The fourth-order valence-electron chi connectivity index (χ4n) is 1.75. The number of unbranched alkanes of at least 4 members (excludes halogenated alkanes) is 1. The van der Waals surface area contributed by atoms with Crippen LogP contribution in [0.3, 0.4) is 0 Å². The summed E-state index contributed by atoms with van der Waals surface area (Å²) in [5, 5.41) is 0. The fraction of sp³-hybridized carbons (Fsp3) is 0.562. The maximum absolute atomic E-state index is 11.5. The van der Waals surface area contributed by atoms with Crippen LogP contribution >= 0.6 is 0 Å². The van der Waals surface area contributed by atoms with Crippen molar-refractivity contribution in [3.8, 4) is 5.75 Å². The Kier molecular flexibility index (Phi) is 7.73. The van der Waals surface area contributed by atoms with Crippen molar-refractivity contribution in [1.82, 2.24) is 0 Å². The molecule has 1 aromatic rings. The van der Waals surface area contributed by atoms with Gasteiger partial charge < -0.3 is 15.2 Å². The summed E-state index contributed by atoms with van der Waals surface area (Å²) in [7, 11) is 0. The van der Waals surface area contributed by atoms with Gasteiger partial charge in [0.2, 0.25) is 0 Å². The lowest BCUT2D eigenvalue weighted by molar-refractivity contribution is -0.146. The first kappa shape index (κ1) is 16.5. The zero-order valence-electron chi connectivity index (χ0n) is 12.4. The average Bonchev–Trinajstić information content (AvgIpc) is 2.46. The summed E-state index contributed by atoms with van der Waals surface area (Å²) in [6.07, 6.45) is 3.55. The van der Waals surface area contributed by atoms with Crippen LogP contribution in [0.2, 0.25) is 0 Å². The van der Waals surface area contributed by atoms with E-state index >= 15 is 0 Å². The van der Waals surface area contributed by atoms with Gasteiger partial charge in [-0.3, -0.25) is 0 Å². The molecular weight excluding hydrogens is 254 g/mol. The molecule has 0 aliphatic heterocycles. The van der Waals surface area contributed by atoms with E-state index in [4.69, 9.17) is 15.2 Å². The number of esters is 1. The second kappa shape index (κ2) is 9.37. The van der Waals surface area contributed by atoms with Crippen LogP contribution < -0.4 is 10.5 Å². The van der Waals surface area contributed by atoms with Crippen molar-refractivity contribution >= 4 is 5.97 Å². The average molecular weight is 279 g/mol. The van der Waals surface area contributed by atoms with Crippen LogP contribution in [0.1, 0.15) is 38.7 Å². The quantitative estimate of drug-likeness (QED) is 0.557. The summed E-state index contributed by atoms with van der Waals surface area (Å²) in [5.41, 5.74) is 6.99. The summed E-state index contributed by atoms with van der Waals surface area (Å²) in [5.74, 6) is 0.386. The molecule has 4 nitrogen and oxygen atoms in total. The first-order valence-electron chi connectivity index (χ1n) is 7.29. The molecule has 0 saturated carbocycles. The molecule has 1 atom stereocenters. The largest absolute Gasteiger partial charge is 0.482 e. The predicted molar refractivity (Wildman–Crippen MR) is 79.8 cm³/mol. The number of hydrogen-bond donors (Lipinski definition) is 1. The molecule has 0 saturated heterocycles. The van der Waals surface area contributed by atoms with Crippen molar-refractivity contribution in [2.24, 2.45) is 5.73 Å². The third kappa shape index (κ3) is 6.06. The molecule has 0 heterocycles. The highest BCUT2D eigenvalue weighted by Gasteiger charge is 2.09. The molecule has 1 unspecified atom stereocenters. The molecule has 20 heavy (non-hydrogen) atoms. The van der Waals surface area contributed by atoms with Gasteiger partial charge in [0.15, 0.2) is 6.61 Å². The molecule has 0 bridgehead atoms. The second-order valence-corrected chi connectivity index (χ2v) is 4.84. The summed E-state index contributed by atoms with van der Waals surface area (Å²) in [6.45, 7) is 4.51. The number of carbonyl (C=O) groups is 1. The summed E-state index contributed by atoms with van der Waals surface area (Å²) in [4.78, 5) is 11.5. The van der Waals surface area contributed by atoms with Crippen LogP contribution in [0, 0.1) is 0 Å². The minimum Gasteiger partial charge on any atom is -0.482 e. The first-order chi connectivity index (χ1) is 9.67. The van der Waals surface area contributed by atoms with E-state index in [1.807, 2.05) is 24.3 Å². The Balaban J connectivity index is 2.48. The molecule has 4 heteroatoms. The van der Waals surface area contributed by atoms with Gasteiger partial charge in [-0.05, 0) is 30.9 Å². The summed E-state index contributed by atoms with van der Waals surface area (Å²) < 4.78 is 10.6. The molecule has 0 aromatic heterocycles.